The molecule has 0 fully saturated rings. The number of aliphatic hydroxyl groups is 1. The smallest absolute Gasteiger partial charge is 0.409 e. The number of aldehydes is 1. The largest absolute Gasteiger partial charge is 0.449 e. The van der Waals surface area contributed by atoms with E-state index in [4.69, 9.17) is 31.2 Å². The van der Waals surface area contributed by atoms with Gasteiger partial charge in [-0.2, -0.15) is 0 Å². The molecule has 5 N–H and O–H groups in total. The minimum atomic E-state index is -2.58. The molecule has 1 aromatic heterocycles. The molecule has 0 spiro atoms. The molecule has 0 aliphatic rings. The predicted octanol–water partition coefficient (Wildman–Crippen LogP) is 3.25. The molecule has 2 unspecified atom stereocenters. The van der Waals surface area contributed by atoms with Crippen LogP contribution in [0.1, 0.15) is 39.5 Å². The Hall–Kier alpha value is -2.56. The van der Waals surface area contributed by atoms with E-state index in [0.29, 0.717) is 18.1 Å². The van der Waals surface area contributed by atoms with E-state index in [9.17, 15) is 14.4 Å². The molecule has 0 saturated heterocycles. The van der Waals surface area contributed by atoms with Gasteiger partial charge in [0.05, 0.1) is 12.1 Å². The van der Waals surface area contributed by atoms with Crippen molar-refractivity contribution in [2.24, 2.45) is 0 Å². The van der Waals surface area contributed by atoms with Crippen LogP contribution in [0, 0.1) is 0 Å². The number of nitrogens with zero attached hydrogens (tertiary/aromatic N) is 2. The van der Waals surface area contributed by atoms with Crippen molar-refractivity contribution in [1.29, 1.82) is 0 Å². The lowest BCUT2D eigenvalue weighted by Crippen LogP contribution is -2.35. The lowest BCUT2D eigenvalue weighted by Gasteiger charge is -2.22. The molecule has 2 aromatic rings. The lowest BCUT2D eigenvalue weighted by atomic mass is 10.1. The monoisotopic (exact) mass is 558 g/mol. The number of carbonyl (C=O) groups excluding carboxylic acids is 3. The molecule has 2 atom stereocenters. The van der Waals surface area contributed by atoms with Gasteiger partial charge in [0.2, 0.25) is 5.91 Å². The molecular weight excluding hydrogens is 523 g/mol. The Balaban J connectivity index is 0.00000334. The van der Waals surface area contributed by atoms with Crippen molar-refractivity contribution in [2.75, 3.05) is 32.1 Å². The Kier molecular flexibility index (Phi) is 15.6. The van der Waals surface area contributed by atoms with Crippen molar-refractivity contribution in [2.45, 2.75) is 51.4 Å². The van der Waals surface area contributed by atoms with Gasteiger partial charge >= 0.3 is 6.09 Å². The number of hydrogen-bond acceptors (Lipinski definition) is 9. The maximum Gasteiger partial charge on any atom is 0.409 e. The number of rotatable bonds is 14. The molecule has 13 heteroatoms. The van der Waals surface area contributed by atoms with Gasteiger partial charge in [-0.25, -0.2) is 4.79 Å². The van der Waals surface area contributed by atoms with Gasteiger partial charge in [-0.15, -0.1) is 0 Å². The summed E-state index contributed by atoms with van der Waals surface area (Å²) in [6, 6.07) is 7.69. The van der Waals surface area contributed by atoms with Crippen LogP contribution in [0.25, 0.3) is 10.9 Å². The summed E-state index contributed by atoms with van der Waals surface area (Å²) in [5.41, 5.74) is 1.80. The Morgan fingerprint density at radius 2 is 1.97 bits per heavy atom. The molecule has 0 aliphatic heterocycles. The number of carbonyl (C=O) groups is 3. The summed E-state index contributed by atoms with van der Waals surface area (Å²) in [5, 5.41) is 14.3. The van der Waals surface area contributed by atoms with Gasteiger partial charge < -0.3 is 40.0 Å². The normalized spacial score (nSPS) is 12.2. The van der Waals surface area contributed by atoms with E-state index in [1.807, 2.05) is 31.2 Å². The third kappa shape index (κ3) is 11.6. The van der Waals surface area contributed by atoms with E-state index in [2.05, 4.69) is 22.5 Å². The number of anilines is 1. The number of hydrogen-bond donors (Lipinski definition) is 5. The van der Waals surface area contributed by atoms with Crippen molar-refractivity contribution >= 4 is 54.9 Å². The van der Waals surface area contributed by atoms with E-state index in [0.717, 1.165) is 36.5 Å². The van der Waals surface area contributed by atoms with Gasteiger partial charge in [0, 0.05) is 55.0 Å². The number of aliphatic hydroxyl groups excluding tert-OH is 1. The van der Waals surface area contributed by atoms with Gasteiger partial charge in [0.25, 0.3) is 0 Å². The molecule has 1 aromatic carbocycles. The summed E-state index contributed by atoms with van der Waals surface area (Å²) in [6.45, 7) is 5.01. The molecule has 206 valence electrons. The van der Waals surface area contributed by atoms with Crippen molar-refractivity contribution in [3.8, 4) is 0 Å². The fourth-order valence-electron chi connectivity index (χ4n) is 3.42. The number of pyridine rings is 1. The molecular formula is C24H36ClN4O7P. The average Bonchev–Trinajstić information content (AvgIpc) is 2.88. The van der Waals surface area contributed by atoms with Crippen molar-refractivity contribution in [3.05, 3.63) is 35.5 Å². The maximum absolute atomic E-state index is 12.3. The van der Waals surface area contributed by atoms with Crippen LogP contribution in [0.4, 0.5) is 10.5 Å². The molecule has 0 radical (unpaired) electrons. The zero-order valence-electron chi connectivity index (χ0n) is 21.3. The number of aromatic nitrogens is 1. The Labute approximate surface area is 223 Å². The number of amides is 2. The first-order chi connectivity index (χ1) is 17.7. The highest BCUT2D eigenvalue weighted by molar-refractivity contribution is 7.47. The van der Waals surface area contributed by atoms with Crippen LogP contribution in [0.5, 0.6) is 0 Å². The Morgan fingerprint density at radius 1 is 1.24 bits per heavy atom. The Morgan fingerprint density at radius 3 is 2.62 bits per heavy atom. The second kappa shape index (κ2) is 17.8. The molecule has 2 rings (SSSR count). The van der Waals surface area contributed by atoms with Gasteiger partial charge in [0.1, 0.15) is 0 Å². The van der Waals surface area contributed by atoms with Crippen LogP contribution < -0.4 is 10.6 Å². The summed E-state index contributed by atoms with van der Waals surface area (Å²) in [4.78, 5) is 58.7. The number of fused-ring (bicyclic) bond motifs is 1. The predicted molar refractivity (Wildman–Crippen MR) is 144 cm³/mol. The van der Waals surface area contributed by atoms with E-state index < -0.39 is 26.2 Å². The molecule has 2 amide bonds. The molecule has 0 bridgehead atoms. The SMILES string of the molecule is CCN(CCCC(C)Nc1ccnc2cc(Cl)ccc12)C(=O)OCCCC(=O)NC(C=O)P(O)O.CO. The molecule has 1 heterocycles. The zero-order chi connectivity index (χ0) is 27.8. The van der Waals surface area contributed by atoms with Crippen LogP contribution in [0.2, 0.25) is 5.02 Å². The van der Waals surface area contributed by atoms with Gasteiger partial charge in [-0.05, 0) is 57.4 Å². The fraction of sp³-hybridized carbons (Fsp3) is 0.500. The van der Waals surface area contributed by atoms with E-state index >= 15 is 0 Å². The van der Waals surface area contributed by atoms with E-state index in [-0.39, 0.29) is 31.8 Å². The first kappa shape index (κ1) is 32.5. The summed E-state index contributed by atoms with van der Waals surface area (Å²) in [7, 11) is -1.58. The Bertz CT molecular complexity index is 999. The third-order valence-electron chi connectivity index (χ3n) is 5.27. The summed E-state index contributed by atoms with van der Waals surface area (Å²) >= 11 is 6.05. The number of benzene rings is 1. The second-order valence-electron chi connectivity index (χ2n) is 7.97. The van der Waals surface area contributed by atoms with E-state index in [1.54, 1.807) is 11.1 Å². The van der Waals surface area contributed by atoms with Crippen LogP contribution in [-0.4, -0.2) is 81.7 Å². The van der Waals surface area contributed by atoms with Crippen LogP contribution in [-0.2, 0) is 14.3 Å². The lowest BCUT2D eigenvalue weighted by molar-refractivity contribution is -0.123. The van der Waals surface area contributed by atoms with Crippen molar-refractivity contribution < 1.29 is 34.0 Å². The minimum Gasteiger partial charge on any atom is -0.449 e. The first-order valence-corrected chi connectivity index (χ1v) is 13.5. The highest BCUT2D eigenvalue weighted by Crippen LogP contribution is 2.27. The molecule has 11 nitrogen and oxygen atoms in total. The van der Waals surface area contributed by atoms with Crippen molar-refractivity contribution in [1.82, 2.24) is 15.2 Å². The molecule has 37 heavy (non-hydrogen) atoms. The summed E-state index contributed by atoms with van der Waals surface area (Å²) in [6.07, 6.45) is 3.40. The highest BCUT2D eigenvalue weighted by Gasteiger charge is 2.19. The van der Waals surface area contributed by atoms with Crippen LogP contribution >= 0.6 is 20.0 Å². The molecule has 0 saturated carbocycles. The quantitative estimate of drug-likeness (QED) is 0.133. The number of halogens is 1. The number of ether oxygens (including phenoxy) is 1. The highest BCUT2D eigenvalue weighted by atomic mass is 35.5. The summed E-state index contributed by atoms with van der Waals surface area (Å²) < 4.78 is 5.24. The van der Waals surface area contributed by atoms with Gasteiger partial charge in [-0.1, -0.05) is 11.6 Å². The van der Waals surface area contributed by atoms with Crippen LogP contribution in [0.15, 0.2) is 30.5 Å². The fourth-order valence-corrected chi connectivity index (χ4v) is 3.95. The average molecular weight is 559 g/mol. The van der Waals surface area contributed by atoms with E-state index in [1.165, 1.54) is 0 Å². The summed E-state index contributed by atoms with van der Waals surface area (Å²) in [5.74, 6) is -1.84. The molecule has 0 aliphatic carbocycles. The standard InChI is InChI=1S/C23H32ClN4O6P.CH4O/c1-3-28(23(31)34-13-5-7-21(30)27-22(15-29)35(32)33)12-4-6-16(2)26-19-10-11-25-20-14-17(24)8-9-18(19)20;1-2/h8-11,14-16,22,32-33H,3-7,12-13H2,1-2H3,(H,25,26)(H,27,30);2H,1H3. The second-order valence-corrected chi connectivity index (χ2v) is 9.61. The van der Waals surface area contributed by atoms with Gasteiger partial charge in [0.15, 0.2) is 20.4 Å². The van der Waals surface area contributed by atoms with Gasteiger partial charge in [-0.3, -0.25) is 9.78 Å². The maximum atomic E-state index is 12.3. The minimum absolute atomic E-state index is 0.00794. The first-order valence-electron chi connectivity index (χ1n) is 11.8. The third-order valence-corrected chi connectivity index (χ3v) is 6.26. The topological polar surface area (TPSA) is 161 Å². The zero-order valence-corrected chi connectivity index (χ0v) is 22.9. The number of nitrogens with one attached hydrogen (secondary N) is 2. The van der Waals surface area contributed by atoms with Crippen LogP contribution in [0.3, 0.4) is 0 Å². The van der Waals surface area contributed by atoms with Crippen molar-refractivity contribution in [3.63, 3.8) is 0 Å².